The molecule has 2 heterocycles. The van der Waals surface area contributed by atoms with Crippen molar-refractivity contribution >= 4 is 41.5 Å². The van der Waals surface area contributed by atoms with E-state index < -0.39 is 0 Å². The van der Waals surface area contributed by atoms with Crippen LogP contribution in [-0.4, -0.2) is 53.3 Å². The molecule has 0 saturated heterocycles. The molecule has 1 aromatic heterocycles. The van der Waals surface area contributed by atoms with Gasteiger partial charge in [-0.1, -0.05) is 25.1 Å². The van der Waals surface area contributed by atoms with Gasteiger partial charge in [0, 0.05) is 38.8 Å². The lowest BCUT2D eigenvalue weighted by Gasteiger charge is -2.29. The average Bonchev–Trinajstić information content (AvgIpc) is 3.17. The molecule has 3 rings (SSSR count). The van der Waals surface area contributed by atoms with Crippen molar-refractivity contribution in [3.63, 3.8) is 0 Å². The number of para-hydroxylation sites is 1. The number of amides is 1. The van der Waals surface area contributed by atoms with Crippen LogP contribution in [0.1, 0.15) is 24.7 Å². The van der Waals surface area contributed by atoms with Crippen LogP contribution < -0.4 is 15.5 Å². The Morgan fingerprint density at radius 2 is 2.11 bits per heavy atom. The largest absolute Gasteiger partial charge is 0.355 e. The van der Waals surface area contributed by atoms with E-state index in [1.165, 1.54) is 5.56 Å². The second-order valence-electron chi connectivity index (χ2n) is 6.42. The number of hydrogen-bond donors (Lipinski definition) is 2. The summed E-state index contributed by atoms with van der Waals surface area (Å²) in [5.74, 6) is 1.62. The van der Waals surface area contributed by atoms with Crippen molar-refractivity contribution < 1.29 is 4.79 Å². The summed E-state index contributed by atoms with van der Waals surface area (Å²) >= 11 is 0. The maximum Gasteiger partial charge on any atom is 0.246 e. The van der Waals surface area contributed by atoms with Crippen molar-refractivity contribution in [2.75, 3.05) is 31.6 Å². The molecule has 0 radical (unpaired) electrons. The molecule has 0 unspecified atom stereocenters. The number of nitrogens with zero attached hydrogens (tertiary/aromatic N) is 5. The van der Waals surface area contributed by atoms with Gasteiger partial charge < -0.3 is 20.1 Å². The molecule has 1 aromatic carbocycles. The SMILES string of the molecule is CCc1nncn1CCNC(=NC)NCC(=O)N1CCCc2ccccc21.I. The van der Waals surface area contributed by atoms with Gasteiger partial charge in [0.15, 0.2) is 5.96 Å². The van der Waals surface area contributed by atoms with Crippen LogP contribution in [0.25, 0.3) is 0 Å². The van der Waals surface area contributed by atoms with Crippen LogP contribution in [0.3, 0.4) is 0 Å². The second-order valence-corrected chi connectivity index (χ2v) is 6.42. The van der Waals surface area contributed by atoms with Crippen molar-refractivity contribution in [1.82, 2.24) is 25.4 Å². The van der Waals surface area contributed by atoms with Crippen LogP contribution in [0, 0.1) is 0 Å². The molecule has 1 aliphatic heterocycles. The summed E-state index contributed by atoms with van der Waals surface area (Å²) in [6, 6.07) is 8.12. The number of halogens is 1. The molecule has 0 fully saturated rings. The molecule has 0 atom stereocenters. The zero-order valence-corrected chi connectivity index (χ0v) is 18.7. The number of guanidine groups is 1. The average molecular weight is 497 g/mol. The molecule has 1 aliphatic rings. The Labute approximate surface area is 182 Å². The van der Waals surface area contributed by atoms with E-state index in [9.17, 15) is 4.79 Å². The fourth-order valence-corrected chi connectivity index (χ4v) is 3.30. The number of aromatic nitrogens is 3. The first-order valence-corrected chi connectivity index (χ1v) is 9.42. The fraction of sp³-hybridized carbons (Fsp3) is 0.474. The highest BCUT2D eigenvalue weighted by atomic mass is 127. The summed E-state index contributed by atoms with van der Waals surface area (Å²) in [5.41, 5.74) is 2.26. The molecule has 0 bridgehead atoms. The van der Waals surface area contributed by atoms with Crippen LogP contribution in [0.15, 0.2) is 35.6 Å². The lowest BCUT2D eigenvalue weighted by molar-refractivity contribution is -0.117. The van der Waals surface area contributed by atoms with Gasteiger partial charge in [-0.15, -0.1) is 34.2 Å². The first-order valence-electron chi connectivity index (χ1n) is 9.42. The van der Waals surface area contributed by atoms with Gasteiger partial charge in [-0.2, -0.15) is 0 Å². The summed E-state index contributed by atoms with van der Waals surface area (Å²) in [6.07, 6.45) is 4.60. The predicted octanol–water partition coefficient (Wildman–Crippen LogP) is 1.60. The highest BCUT2D eigenvalue weighted by Crippen LogP contribution is 2.26. The molecule has 1 amide bonds. The molecule has 152 valence electrons. The minimum Gasteiger partial charge on any atom is -0.355 e. The number of anilines is 1. The number of rotatable bonds is 6. The smallest absolute Gasteiger partial charge is 0.246 e. The normalized spacial score (nSPS) is 13.5. The molecule has 28 heavy (non-hydrogen) atoms. The molecule has 0 aliphatic carbocycles. The minimum atomic E-state index is 0. The van der Waals surface area contributed by atoms with E-state index in [1.807, 2.05) is 27.7 Å². The van der Waals surface area contributed by atoms with E-state index >= 15 is 0 Å². The summed E-state index contributed by atoms with van der Waals surface area (Å²) in [6.45, 7) is 4.44. The van der Waals surface area contributed by atoms with Crippen molar-refractivity contribution in [2.24, 2.45) is 4.99 Å². The van der Waals surface area contributed by atoms with Gasteiger partial charge in [-0.05, 0) is 24.5 Å². The summed E-state index contributed by atoms with van der Waals surface area (Å²) in [7, 11) is 1.70. The van der Waals surface area contributed by atoms with Crippen molar-refractivity contribution in [1.29, 1.82) is 0 Å². The minimum absolute atomic E-state index is 0. The Kier molecular flexibility index (Phi) is 8.68. The standard InChI is InChI=1S/C19H27N7O.HI/c1-3-17-24-23-14-25(17)12-10-21-19(20-2)22-13-18(27)26-11-6-8-15-7-4-5-9-16(15)26;/h4-5,7,9,14H,3,6,8,10-13H2,1-2H3,(H2,20,21,22);1H. The Bertz CT molecular complexity index is 805. The first kappa shape index (κ1) is 22.1. The number of aryl methyl sites for hydroxylation is 2. The van der Waals surface area contributed by atoms with Crippen LogP contribution in [0.2, 0.25) is 0 Å². The maximum absolute atomic E-state index is 12.7. The monoisotopic (exact) mass is 497 g/mol. The van der Waals surface area contributed by atoms with Gasteiger partial charge in [0.2, 0.25) is 5.91 Å². The molecule has 0 spiro atoms. The first-order chi connectivity index (χ1) is 13.2. The highest BCUT2D eigenvalue weighted by molar-refractivity contribution is 14.0. The van der Waals surface area contributed by atoms with Crippen LogP contribution in [0.5, 0.6) is 0 Å². The Morgan fingerprint density at radius 1 is 1.29 bits per heavy atom. The summed E-state index contributed by atoms with van der Waals surface area (Å²) < 4.78 is 2.01. The molecule has 2 aromatic rings. The van der Waals surface area contributed by atoms with Gasteiger partial charge in [0.05, 0.1) is 6.54 Å². The number of benzene rings is 1. The molecular weight excluding hydrogens is 469 g/mol. The van der Waals surface area contributed by atoms with E-state index in [2.05, 4.69) is 38.8 Å². The number of fused-ring (bicyclic) bond motifs is 1. The predicted molar refractivity (Wildman–Crippen MR) is 121 cm³/mol. The van der Waals surface area contributed by atoms with Crippen molar-refractivity contribution in [3.8, 4) is 0 Å². The number of carbonyl (C=O) groups is 1. The van der Waals surface area contributed by atoms with E-state index in [0.717, 1.165) is 43.9 Å². The molecule has 2 N–H and O–H groups in total. The number of hydrogen-bond acceptors (Lipinski definition) is 4. The lowest BCUT2D eigenvalue weighted by atomic mass is 10.0. The lowest BCUT2D eigenvalue weighted by Crippen LogP contribution is -2.46. The van der Waals surface area contributed by atoms with Gasteiger partial charge in [-0.25, -0.2) is 0 Å². The third-order valence-corrected chi connectivity index (χ3v) is 4.70. The number of nitrogens with one attached hydrogen (secondary N) is 2. The molecular formula is C19H28IN7O. The second kappa shape index (κ2) is 11.0. The van der Waals surface area contributed by atoms with E-state index in [0.29, 0.717) is 12.5 Å². The van der Waals surface area contributed by atoms with Crippen LogP contribution in [0.4, 0.5) is 5.69 Å². The zero-order valence-electron chi connectivity index (χ0n) is 16.4. The number of aliphatic imine (C=N–C) groups is 1. The molecule has 8 nitrogen and oxygen atoms in total. The van der Waals surface area contributed by atoms with Gasteiger partial charge in [0.25, 0.3) is 0 Å². The fourth-order valence-electron chi connectivity index (χ4n) is 3.30. The Balaban J connectivity index is 0.00000280. The Morgan fingerprint density at radius 3 is 2.89 bits per heavy atom. The van der Waals surface area contributed by atoms with E-state index in [4.69, 9.17) is 0 Å². The molecule has 0 saturated carbocycles. The summed E-state index contributed by atoms with van der Waals surface area (Å²) in [5, 5.41) is 14.3. The number of carbonyl (C=O) groups excluding carboxylic acids is 1. The van der Waals surface area contributed by atoms with Gasteiger partial charge in [-0.3, -0.25) is 9.79 Å². The molecule has 9 heteroatoms. The van der Waals surface area contributed by atoms with E-state index in [-0.39, 0.29) is 36.4 Å². The highest BCUT2D eigenvalue weighted by Gasteiger charge is 2.21. The van der Waals surface area contributed by atoms with Crippen LogP contribution >= 0.6 is 24.0 Å². The van der Waals surface area contributed by atoms with Crippen LogP contribution in [-0.2, 0) is 24.2 Å². The maximum atomic E-state index is 12.7. The van der Waals surface area contributed by atoms with E-state index in [1.54, 1.807) is 13.4 Å². The topological polar surface area (TPSA) is 87.4 Å². The Hall–Kier alpha value is -2.17. The summed E-state index contributed by atoms with van der Waals surface area (Å²) in [4.78, 5) is 18.7. The van der Waals surface area contributed by atoms with Gasteiger partial charge >= 0.3 is 0 Å². The zero-order chi connectivity index (χ0) is 19.1. The van der Waals surface area contributed by atoms with Crippen molar-refractivity contribution in [3.05, 3.63) is 42.0 Å². The quantitative estimate of drug-likeness (QED) is 0.360. The third-order valence-electron chi connectivity index (χ3n) is 4.70. The third kappa shape index (κ3) is 5.43. The van der Waals surface area contributed by atoms with Crippen molar-refractivity contribution in [2.45, 2.75) is 32.7 Å². The van der Waals surface area contributed by atoms with Gasteiger partial charge in [0.1, 0.15) is 12.2 Å².